The predicted molar refractivity (Wildman–Crippen MR) is 42.1 cm³/mol. The number of ether oxygens (including phenoxy) is 2. The zero-order chi connectivity index (χ0) is 7.82. The molecule has 0 aliphatic heterocycles. The average molecular weight is 144 g/mol. The van der Waals surface area contributed by atoms with Crippen molar-refractivity contribution < 1.29 is 9.47 Å². The highest BCUT2D eigenvalue weighted by Gasteiger charge is 2.02. The first kappa shape index (κ1) is 9.66. The van der Waals surface area contributed by atoms with E-state index < -0.39 is 0 Å². The van der Waals surface area contributed by atoms with Crippen LogP contribution in [0.2, 0.25) is 0 Å². The molecule has 0 bridgehead atoms. The van der Waals surface area contributed by atoms with Crippen molar-refractivity contribution in [1.29, 1.82) is 0 Å². The van der Waals surface area contributed by atoms with Gasteiger partial charge in [0.1, 0.15) is 0 Å². The lowest BCUT2D eigenvalue weighted by molar-refractivity contribution is 0.0305. The third-order valence-electron chi connectivity index (χ3n) is 1.32. The van der Waals surface area contributed by atoms with Crippen LogP contribution in [0, 0.1) is 0 Å². The molecule has 0 rings (SSSR count). The van der Waals surface area contributed by atoms with E-state index in [2.05, 4.69) is 6.08 Å². The molecule has 0 aromatic rings. The Morgan fingerprint density at radius 2 is 2.10 bits per heavy atom. The van der Waals surface area contributed by atoms with Crippen LogP contribution in [0.25, 0.3) is 0 Å². The molecular formula is C8H16O2. The number of methoxy groups -OCH3 is 2. The monoisotopic (exact) mass is 144 g/mol. The van der Waals surface area contributed by atoms with Gasteiger partial charge in [-0.1, -0.05) is 12.2 Å². The lowest BCUT2D eigenvalue weighted by Crippen LogP contribution is -2.15. The van der Waals surface area contributed by atoms with Crippen LogP contribution in [0.1, 0.15) is 13.3 Å². The van der Waals surface area contributed by atoms with E-state index in [0.717, 1.165) is 6.42 Å². The molecule has 60 valence electrons. The summed E-state index contributed by atoms with van der Waals surface area (Å²) >= 11 is 0. The number of rotatable bonds is 5. The molecule has 0 saturated heterocycles. The van der Waals surface area contributed by atoms with Gasteiger partial charge in [0.25, 0.3) is 0 Å². The summed E-state index contributed by atoms with van der Waals surface area (Å²) < 4.78 is 10.0. The number of allylic oxidation sites excluding steroid dienone is 1. The maximum Gasteiger partial charge on any atom is 0.0838 e. The van der Waals surface area contributed by atoms with Crippen molar-refractivity contribution in [1.82, 2.24) is 0 Å². The Morgan fingerprint density at radius 1 is 1.40 bits per heavy atom. The van der Waals surface area contributed by atoms with E-state index in [1.807, 2.05) is 13.0 Å². The normalized spacial score (nSPS) is 14.3. The van der Waals surface area contributed by atoms with Gasteiger partial charge in [-0.3, -0.25) is 0 Å². The van der Waals surface area contributed by atoms with Gasteiger partial charge in [-0.15, -0.1) is 0 Å². The first-order valence-corrected chi connectivity index (χ1v) is 3.48. The van der Waals surface area contributed by atoms with Gasteiger partial charge in [0, 0.05) is 14.2 Å². The molecule has 0 fully saturated rings. The molecule has 0 radical (unpaired) electrons. The van der Waals surface area contributed by atoms with Gasteiger partial charge < -0.3 is 9.47 Å². The van der Waals surface area contributed by atoms with E-state index in [1.54, 1.807) is 14.2 Å². The van der Waals surface area contributed by atoms with Crippen molar-refractivity contribution >= 4 is 0 Å². The maximum atomic E-state index is 5.12. The zero-order valence-electron chi connectivity index (χ0n) is 6.96. The number of hydrogen-bond acceptors (Lipinski definition) is 2. The second-order valence-corrected chi connectivity index (χ2v) is 2.12. The van der Waals surface area contributed by atoms with Gasteiger partial charge in [0.05, 0.1) is 12.7 Å². The third-order valence-corrected chi connectivity index (χ3v) is 1.32. The molecule has 1 atom stereocenters. The minimum absolute atomic E-state index is 0.209. The van der Waals surface area contributed by atoms with Gasteiger partial charge in [0.2, 0.25) is 0 Å². The lowest BCUT2D eigenvalue weighted by atomic mass is 10.2. The van der Waals surface area contributed by atoms with Crippen LogP contribution in [0.15, 0.2) is 12.2 Å². The first-order chi connectivity index (χ1) is 4.85. The van der Waals surface area contributed by atoms with Gasteiger partial charge >= 0.3 is 0 Å². The smallest absolute Gasteiger partial charge is 0.0838 e. The van der Waals surface area contributed by atoms with E-state index in [4.69, 9.17) is 9.47 Å². The molecule has 0 N–H and O–H groups in total. The zero-order valence-corrected chi connectivity index (χ0v) is 6.96. The van der Waals surface area contributed by atoms with Gasteiger partial charge in [0.15, 0.2) is 0 Å². The number of hydrogen-bond donors (Lipinski definition) is 0. The molecule has 0 aromatic heterocycles. The minimum atomic E-state index is 0.209. The Labute approximate surface area is 62.8 Å². The fraction of sp³-hybridized carbons (Fsp3) is 0.750. The van der Waals surface area contributed by atoms with E-state index in [1.165, 1.54) is 0 Å². The van der Waals surface area contributed by atoms with Crippen LogP contribution >= 0.6 is 0 Å². The first-order valence-electron chi connectivity index (χ1n) is 3.48. The summed E-state index contributed by atoms with van der Waals surface area (Å²) in [7, 11) is 3.38. The van der Waals surface area contributed by atoms with Crippen molar-refractivity contribution in [3.8, 4) is 0 Å². The van der Waals surface area contributed by atoms with Crippen molar-refractivity contribution in [2.45, 2.75) is 19.4 Å². The molecule has 0 spiro atoms. The van der Waals surface area contributed by atoms with E-state index >= 15 is 0 Å². The van der Waals surface area contributed by atoms with E-state index in [9.17, 15) is 0 Å². The summed E-state index contributed by atoms with van der Waals surface area (Å²) in [6.07, 6.45) is 5.23. The fourth-order valence-corrected chi connectivity index (χ4v) is 0.706. The Balaban J connectivity index is 3.39. The van der Waals surface area contributed by atoms with Crippen LogP contribution in [0.4, 0.5) is 0 Å². The molecular weight excluding hydrogens is 128 g/mol. The Bertz CT molecular complexity index is 89.3. The van der Waals surface area contributed by atoms with Gasteiger partial charge in [-0.25, -0.2) is 0 Å². The third kappa shape index (κ3) is 4.53. The molecule has 0 saturated carbocycles. The van der Waals surface area contributed by atoms with Crippen molar-refractivity contribution in [2.75, 3.05) is 20.8 Å². The SMILES string of the molecule is CC=CCC(COC)OC. The quantitative estimate of drug-likeness (QED) is 0.546. The Kier molecular flexibility index (Phi) is 6.55. The summed E-state index contributed by atoms with van der Waals surface area (Å²) in [5.41, 5.74) is 0. The van der Waals surface area contributed by atoms with Crippen LogP contribution in [-0.4, -0.2) is 26.9 Å². The highest BCUT2D eigenvalue weighted by Crippen LogP contribution is 1.97. The Morgan fingerprint density at radius 3 is 2.50 bits per heavy atom. The fourth-order valence-electron chi connectivity index (χ4n) is 0.706. The largest absolute Gasteiger partial charge is 0.382 e. The molecule has 0 amide bonds. The Hall–Kier alpha value is -0.340. The maximum absolute atomic E-state index is 5.12. The molecule has 0 heterocycles. The predicted octanol–water partition coefficient (Wildman–Crippen LogP) is 1.61. The molecule has 10 heavy (non-hydrogen) atoms. The molecule has 0 aromatic carbocycles. The van der Waals surface area contributed by atoms with Crippen LogP contribution in [-0.2, 0) is 9.47 Å². The molecule has 0 aliphatic rings. The highest BCUT2D eigenvalue weighted by atomic mass is 16.5. The highest BCUT2D eigenvalue weighted by molar-refractivity contribution is 4.80. The summed E-state index contributed by atoms with van der Waals surface area (Å²) in [5.74, 6) is 0. The minimum Gasteiger partial charge on any atom is -0.382 e. The van der Waals surface area contributed by atoms with Crippen molar-refractivity contribution in [3.05, 3.63) is 12.2 Å². The van der Waals surface area contributed by atoms with E-state index in [-0.39, 0.29) is 6.10 Å². The standard InChI is InChI=1S/C8H16O2/c1-4-5-6-8(10-3)7-9-2/h4-5,8H,6-7H2,1-3H3. The van der Waals surface area contributed by atoms with Crippen LogP contribution < -0.4 is 0 Å². The lowest BCUT2D eigenvalue weighted by Gasteiger charge is -2.10. The van der Waals surface area contributed by atoms with E-state index in [0.29, 0.717) is 6.61 Å². The summed E-state index contributed by atoms with van der Waals surface area (Å²) in [6, 6.07) is 0. The second-order valence-electron chi connectivity index (χ2n) is 2.12. The van der Waals surface area contributed by atoms with Crippen molar-refractivity contribution in [2.24, 2.45) is 0 Å². The van der Waals surface area contributed by atoms with Crippen molar-refractivity contribution in [3.63, 3.8) is 0 Å². The summed E-state index contributed by atoms with van der Waals surface area (Å²) in [6.45, 7) is 2.67. The molecule has 2 nitrogen and oxygen atoms in total. The van der Waals surface area contributed by atoms with Crippen LogP contribution in [0.3, 0.4) is 0 Å². The van der Waals surface area contributed by atoms with Gasteiger partial charge in [-0.05, 0) is 13.3 Å². The summed E-state index contributed by atoms with van der Waals surface area (Å²) in [4.78, 5) is 0. The topological polar surface area (TPSA) is 18.5 Å². The average Bonchev–Trinajstić information content (AvgIpc) is 1.98. The molecule has 2 heteroatoms. The molecule has 0 aliphatic carbocycles. The molecule has 1 unspecified atom stereocenters. The van der Waals surface area contributed by atoms with Gasteiger partial charge in [-0.2, -0.15) is 0 Å². The summed E-state index contributed by atoms with van der Waals surface area (Å²) in [5, 5.41) is 0. The second kappa shape index (κ2) is 6.78. The van der Waals surface area contributed by atoms with Crippen LogP contribution in [0.5, 0.6) is 0 Å².